The van der Waals surface area contributed by atoms with Crippen LogP contribution in [0, 0.1) is 11.6 Å². The van der Waals surface area contributed by atoms with Crippen LogP contribution >= 0.6 is 0 Å². The molecule has 0 heterocycles. The van der Waals surface area contributed by atoms with Gasteiger partial charge in [0, 0.05) is 17.7 Å². The van der Waals surface area contributed by atoms with Crippen molar-refractivity contribution in [3.63, 3.8) is 0 Å². The minimum Gasteiger partial charge on any atom is -0.497 e. The molecule has 112 valence electrons. The van der Waals surface area contributed by atoms with E-state index in [1.54, 1.807) is 19.2 Å². The maximum Gasteiger partial charge on any atom is 0.130 e. The summed E-state index contributed by atoms with van der Waals surface area (Å²) in [6, 6.07) is 8.67. The van der Waals surface area contributed by atoms with Gasteiger partial charge in [-0.25, -0.2) is 8.78 Å². The van der Waals surface area contributed by atoms with E-state index in [1.807, 2.05) is 13.1 Å². The van der Waals surface area contributed by atoms with Gasteiger partial charge in [-0.05, 0) is 43.4 Å². The van der Waals surface area contributed by atoms with Crippen LogP contribution < -0.4 is 14.8 Å². The van der Waals surface area contributed by atoms with Crippen molar-refractivity contribution in [3.05, 3.63) is 59.2 Å². The summed E-state index contributed by atoms with van der Waals surface area (Å²) in [7, 11) is 3.40. The average molecular weight is 293 g/mol. The van der Waals surface area contributed by atoms with Crippen LogP contribution in [0.15, 0.2) is 36.4 Å². The molecular weight excluding hydrogens is 276 g/mol. The molecule has 0 atom stereocenters. The Hall–Kier alpha value is -2.14. The molecule has 0 radical (unpaired) electrons. The minimum absolute atomic E-state index is 0.0351. The van der Waals surface area contributed by atoms with Gasteiger partial charge in [0.05, 0.1) is 7.11 Å². The van der Waals surface area contributed by atoms with E-state index >= 15 is 0 Å². The zero-order valence-corrected chi connectivity index (χ0v) is 12.0. The number of hydrogen-bond acceptors (Lipinski definition) is 3. The molecule has 0 aliphatic carbocycles. The fraction of sp³-hybridized carbons (Fsp3) is 0.250. The van der Waals surface area contributed by atoms with Gasteiger partial charge in [0.15, 0.2) is 0 Å². The molecule has 0 fully saturated rings. The topological polar surface area (TPSA) is 30.5 Å². The number of rotatable bonds is 6. The molecule has 3 nitrogen and oxygen atoms in total. The molecule has 2 rings (SSSR count). The number of methoxy groups -OCH3 is 1. The molecular formula is C16H17F2NO2. The summed E-state index contributed by atoms with van der Waals surface area (Å²) in [5.74, 6) is 0.346. The van der Waals surface area contributed by atoms with Gasteiger partial charge in [-0.15, -0.1) is 0 Å². The molecule has 0 aliphatic heterocycles. The predicted octanol–water partition coefficient (Wildman–Crippen LogP) is 3.27. The summed E-state index contributed by atoms with van der Waals surface area (Å²) in [5, 5.41) is 3.02. The number of nitrogens with one attached hydrogen (secondary N) is 1. The van der Waals surface area contributed by atoms with Crippen molar-refractivity contribution in [1.29, 1.82) is 0 Å². The van der Waals surface area contributed by atoms with Crippen LogP contribution in [0.5, 0.6) is 11.5 Å². The van der Waals surface area contributed by atoms with E-state index in [0.717, 1.165) is 23.8 Å². The number of ether oxygens (including phenoxy) is 2. The molecule has 0 aliphatic rings. The second-order valence-corrected chi connectivity index (χ2v) is 4.53. The van der Waals surface area contributed by atoms with E-state index in [9.17, 15) is 8.78 Å². The van der Waals surface area contributed by atoms with Crippen molar-refractivity contribution in [3.8, 4) is 11.5 Å². The summed E-state index contributed by atoms with van der Waals surface area (Å²) in [5.41, 5.74) is 1.06. The van der Waals surface area contributed by atoms with E-state index in [4.69, 9.17) is 9.47 Å². The molecule has 1 N–H and O–H groups in total. The second-order valence-electron chi connectivity index (χ2n) is 4.53. The van der Waals surface area contributed by atoms with Crippen molar-refractivity contribution in [2.75, 3.05) is 14.2 Å². The van der Waals surface area contributed by atoms with E-state index in [-0.39, 0.29) is 12.2 Å². The molecule has 0 aromatic heterocycles. The Balaban J connectivity index is 2.17. The summed E-state index contributed by atoms with van der Waals surface area (Å²) < 4.78 is 37.5. The van der Waals surface area contributed by atoms with Gasteiger partial charge in [-0.3, -0.25) is 0 Å². The van der Waals surface area contributed by atoms with Gasteiger partial charge in [0.1, 0.15) is 29.7 Å². The smallest absolute Gasteiger partial charge is 0.130 e. The summed E-state index contributed by atoms with van der Waals surface area (Å²) >= 11 is 0. The predicted molar refractivity (Wildman–Crippen MR) is 76.4 cm³/mol. The lowest BCUT2D eigenvalue weighted by Crippen LogP contribution is -2.08. The van der Waals surface area contributed by atoms with E-state index in [1.165, 1.54) is 0 Å². The lowest BCUT2D eigenvalue weighted by atomic mass is 10.2. The number of hydrogen-bond donors (Lipinski definition) is 1. The monoisotopic (exact) mass is 293 g/mol. The Morgan fingerprint density at radius 3 is 2.57 bits per heavy atom. The lowest BCUT2D eigenvalue weighted by Gasteiger charge is -2.13. The van der Waals surface area contributed by atoms with Crippen LogP contribution in [0.2, 0.25) is 0 Å². The largest absolute Gasteiger partial charge is 0.497 e. The third-order valence-electron chi connectivity index (χ3n) is 3.03. The van der Waals surface area contributed by atoms with E-state index in [0.29, 0.717) is 18.0 Å². The highest BCUT2D eigenvalue weighted by atomic mass is 19.1. The first-order valence-corrected chi connectivity index (χ1v) is 6.52. The molecule has 21 heavy (non-hydrogen) atoms. The first-order chi connectivity index (χ1) is 10.1. The first-order valence-electron chi connectivity index (χ1n) is 6.52. The highest BCUT2D eigenvalue weighted by molar-refractivity contribution is 5.40. The lowest BCUT2D eigenvalue weighted by molar-refractivity contribution is 0.294. The Morgan fingerprint density at radius 2 is 1.86 bits per heavy atom. The normalized spacial score (nSPS) is 10.5. The maximum atomic E-state index is 13.6. The minimum atomic E-state index is -0.486. The third-order valence-corrected chi connectivity index (χ3v) is 3.03. The van der Waals surface area contributed by atoms with Crippen LogP contribution in [0.25, 0.3) is 0 Å². The quantitative estimate of drug-likeness (QED) is 0.886. The molecule has 0 saturated heterocycles. The third kappa shape index (κ3) is 3.92. The number of halogens is 2. The molecule has 2 aromatic rings. The number of benzene rings is 2. The van der Waals surface area contributed by atoms with Crippen LogP contribution in [-0.4, -0.2) is 14.2 Å². The van der Waals surface area contributed by atoms with Gasteiger partial charge in [-0.2, -0.15) is 0 Å². The first kappa shape index (κ1) is 15.3. The average Bonchev–Trinajstić information content (AvgIpc) is 2.49. The zero-order valence-electron chi connectivity index (χ0n) is 12.0. The SMILES string of the molecule is CNCc1cc(OC)ccc1OCc1cc(F)ccc1F. The van der Waals surface area contributed by atoms with Crippen LogP contribution in [-0.2, 0) is 13.2 Å². The van der Waals surface area contributed by atoms with Gasteiger partial charge in [-0.1, -0.05) is 0 Å². The molecule has 0 amide bonds. The molecule has 5 heteroatoms. The van der Waals surface area contributed by atoms with Gasteiger partial charge in [0.2, 0.25) is 0 Å². The summed E-state index contributed by atoms with van der Waals surface area (Å²) in [6.45, 7) is 0.546. The second kappa shape index (κ2) is 7.04. The molecule has 0 spiro atoms. The van der Waals surface area contributed by atoms with Crippen molar-refractivity contribution >= 4 is 0 Å². The van der Waals surface area contributed by atoms with Crippen LogP contribution in [0.3, 0.4) is 0 Å². The molecule has 2 aromatic carbocycles. The van der Waals surface area contributed by atoms with Crippen molar-refractivity contribution < 1.29 is 18.3 Å². The molecule has 0 bridgehead atoms. The Morgan fingerprint density at radius 1 is 1.05 bits per heavy atom. The van der Waals surface area contributed by atoms with Crippen molar-refractivity contribution in [1.82, 2.24) is 5.32 Å². The Labute approximate surface area is 122 Å². The fourth-order valence-electron chi connectivity index (χ4n) is 1.96. The fourth-order valence-corrected chi connectivity index (χ4v) is 1.96. The van der Waals surface area contributed by atoms with Gasteiger partial charge < -0.3 is 14.8 Å². The van der Waals surface area contributed by atoms with Gasteiger partial charge >= 0.3 is 0 Å². The molecule has 0 saturated carbocycles. The van der Waals surface area contributed by atoms with Crippen LogP contribution in [0.4, 0.5) is 8.78 Å². The summed E-state index contributed by atoms with van der Waals surface area (Å²) in [4.78, 5) is 0. The Kier molecular flexibility index (Phi) is 5.11. The van der Waals surface area contributed by atoms with Crippen molar-refractivity contribution in [2.24, 2.45) is 0 Å². The standard InChI is InChI=1S/C16H17F2NO2/c1-19-9-11-8-14(20-2)4-6-16(11)21-10-12-7-13(17)3-5-15(12)18/h3-8,19H,9-10H2,1-2H3. The highest BCUT2D eigenvalue weighted by Gasteiger charge is 2.08. The van der Waals surface area contributed by atoms with E-state index in [2.05, 4.69) is 5.32 Å². The van der Waals surface area contributed by atoms with Crippen molar-refractivity contribution in [2.45, 2.75) is 13.2 Å². The van der Waals surface area contributed by atoms with Crippen LogP contribution in [0.1, 0.15) is 11.1 Å². The highest BCUT2D eigenvalue weighted by Crippen LogP contribution is 2.25. The van der Waals surface area contributed by atoms with Gasteiger partial charge in [0.25, 0.3) is 0 Å². The Bertz CT molecular complexity index is 617. The summed E-state index contributed by atoms with van der Waals surface area (Å²) in [6.07, 6.45) is 0. The van der Waals surface area contributed by atoms with E-state index < -0.39 is 11.6 Å². The zero-order chi connectivity index (χ0) is 15.2. The maximum absolute atomic E-state index is 13.6. The molecule has 0 unspecified atom stereocenters.